The molecule has 0 aliphatic carbocycles. The van der Waals surface area contributed by atoms with E-state index < -0.39 is 10.1 Å². The van der Waals surface area contributed by atoms with Gasteiger partial charge in [-0.3, -0.25) is 0 Å². The van der Waals surface area contributed by atoms with Crippen LogP contribution in [0.4, 0.5) is 0 Å². The minimum atomic E-state index is -4.00. The van der Waals surface area contributed by atoms with E-state index >= 15 is 0 Å². The fraction of sp³-hybridized carbons (Fsp3) is 0.0833. The van der Waals surface area contributed by atoms with Gasteiger partial charge in [0.2, 0.25) is 5.88 Å². The second-order valence-corrected chi connectivity index (χ2v) is 5.93. The van der Waals surface area contributed by atoms with Crippen LogP contribution in [0.3, 0.4) is 0 Å². The van der Waals surface area contributed by atoms with Crippen LogP contribution in [0.15, 0.2) is 52.0 Å². The topological polar surface area (TPSA) is 65.5 Å². The van der Waals surface area contributed by atoms with Gasteiger partial charge in [0.25, 0.3) is 0 Å². The molecule has 1 heterocycles. The molecule has 0 spiro atoms. The van der Waals surface area contributed by atoms with Crippen molar-refractivity contribution in [1.82, 2.24) is 4.98 Å². The van der Waals surface area contributed by atoms with E-state index in [1.807, 2.05) is 0 Å². The summed E-state index contributed by atoms with van der Waals surface area (Å²) in [5, 5.41) is 0. The first kappa shape index (κ1) is 13.8. The first-order valence-corrected chi connectivity index (χ1v) is 7.42. The van der Waals surface area contributed by atoms with Gasteiger partial charge in [0.05, 0.1) is 7.11 Å². The number of aromatic nitrogens is 1. The third kappa shape index (κ3) is 3.24. The van der Waals surface area contributed by atoms with Crippen molar-refractivity contribution in [2.24, 2.45) is 0 Å². The zero-order valence-corrected chi connectivity index (χ0v) is 12.3. The first-order chi connectivity index (χ1) is 9.03. The molecule has 1 aromatic heterocycles. The molecule has 7 heteroatoms. The largest absolute Gasteiger partial charge is 0.495 e. The number of halogens is 1. The Morgan fingerprint density at radius 2 is 2.00 bits per heavy atom. The number of ether oxygens (including phenoxy) is 1. The van der Waals surface area contributed by atoms with Crippen molar-refractivity contribution in [3.05, 3.63) is 47.1 Å². The molecule has 19 heavy (non-hydrogen) atoms. The van der Waals surface area contributed by atoms with E-state index in [2.05, 4.69) is 20.9 Å². The molecule has 0 saturated heterocycles. The smallest absolute Gasteiger partial charge is 0.344 e. The normalized spacial score (nSPS) is 11.1. The first-order valence-electron chi connectivity index (χ1n) is 5.22. The summed E-state index contributed by atoms with van der Waals surface area (Å²) in [5.41, 5.74) is 0. The van der Waals surface area contributed by atoms with Crippen molar-refractivity contribution >= 4 is 26.0 Å². The minimum absolute atomic E-state index is 0.00419. The van der Waals surface area contributed by atoms with E-state index in [-0.39, 0.29) is 16.5 Å². The van der Waals surface area contributed by atoms with Crippen LogP contribution >= 0.6 is 15.9 Å². The molecule has 0 saturated carbocycles. The molecule has 0 atom stereocenters. The molecule has 2 aromatic rings. The maximum absolute atomic E-state index is 12.2. The molecule has 0 N–H and O–H groups in total. The minimum Gasteiger partial charge on any atom is -0.495 e. The number of pyridine rings is 1. The molecule has 0 bridgehead atoms. The highest BCUT2D eigenvalue weighted by Gasteiger charge is 2.22. The molecule has 5 nitrogen and oxygen atoms in total. The zero-order valence-electron chi connectivity index (χ0n) is 9.91. The van der Waals surface area contributed by atoms with Crippen LogP contribution in [-0.2, 0) is 10.1 Å². The highest BCUT2D eigenvalue weighted by molar-refractivity contribution is 9.10. The molecule has 1 aromatic carbocycles. The monoisotopic (exact) mass is 343 g/mol. The van der Waals surface area contributed by atoms with Crippen LogP contribution in [0.25, 0.3) is 0 Å². The van der Waals surface area contributed by atoms with E-state index in [1.165, 1.54) is 25.4 Å². The molecular formula is C12H10BrNO4S. The van der Waals surface area contributed by atoms with Gasteiger partial charge in [0.15, 0.2) is 0 Å². The van der Waals surface area contributed by atoms with E-state index in [1.54, 1.807) is 24.3 Å². The van der Waals surface area contributed by atoms with Gasteiger partial charge in [0, 0.05) is 16.7 Å². The van der Waals surface area contributed by atoms with Gasteiger partial charge in [-0.05, 0) is 24.3 Å². The van der Waals surface area contributed by atoms with E-state index in [0.29, 0.717) is 4.47 Å². The summed E-state index contributed by atoms with van der Waals surface area (Å²) in [7, 11) is -2.60. The van der Waals surface area contributed by atoms with Crippen LogP contribution < -0.4 is 8.92 Å². The number of nitrogens with zero attached hydrogens (tertiary/aromatic N) is 1. The van der Waals surface area contributed by atoms with Gasteiger partial charge in [-0.25, -0.2) is 4.98 Å². The van der Waals surface area contributed by atoms with Gasteiger partial charge < -0.3 is 8.92 Å². The van der Waals surface area contributed by atoms with Crippen molar-refractivity contribution in [1.29, 1.82) is 0 Å². The van der Waals surface area contributed by atoms with Gasteiger partial charge in [-0.1, -0.05) is 22.0 Å². The Morgan fingerprint density at radius 1 is 1.21 bits per heavy atom. The van der Waals surface area contributed by atoms with E-state index in [4.69, 9.17) is 8.92 Å². The summed E-state index contributed by atoms with van der Waals surface area (Å²) in [5.74, 6) is 0.212. The van der Waals surface area contributed by atoms with Gasteiger partial charge in [0.1, 0.15) is 10.6 Å². The lowest BCUT2D eigenvalue weighted by atomic mass is 10.3. The summed E-state index contributed by atoms with van der Waals surface area (Å²) in [6.45, 7) is 0. The molecular weight excluding hydrogens is 334 g/mol. The van der Waals surface area contributed by atoms with Gasteiger partial charge in [-0.15, -0.1) is 0 Å². The highest BCUT2D eigenvalue weighted by Crippen LogP contribution is 2.29. The standard InChI is InChI=1S/C12H10BrNO4S/c1-17-10-6-5-9(13)8-11(10)19(15,16)18-12-4-2-3-7-14-12/h2-8H,1H3. The summed E-state index contributed by atoms with van der Waals surface area (Å²) in [6.07, 6.45) is 1.45. The lowest BCUT2D eigenvalue weighted by molar-refractivity contribution is 0.397. The second-order valence-electron chi connectivity index (χ2n) is 3.50. The van der Waals surface area contributed by atoms with Crippen LogP contribution in [0.5, 0.6) is 11.6 Å². The quantitative estimate of drug-likeness (QED) is 0.798. The highest BCUT2D eigenvalue weighted by atomic mass is 79.9. The van der Waals surface area contributed by atoms with Crippen LogP contribution in [0, 0.1) is 0 Å². The molecule has 0 amide bonds. The second kappa shape index (κ2) is 5.58. The van der Waals surface area contributed by atoms with Gasteiger partial charge >= 0.3 is 10.1 Å². The molecule has 0 aliphatic heterocycles. The molecule has 0 fully saturated rings. The Hall–Kier alpha value is -1.60. The lowest BCUT2D eigenvalue weighted by Crippen LogP contribution is -2.11. The predicted molar refractivity (Wildman–Crippen MR) is 72.7 cm³/mol. The Labute approximate surface area is 119 Å². The third-order valence-electron chi connectivity index (χ3n) is 2.23. The van der Waals surface area contributed by atoms with E-state index in [9.17, 15) is 8.42 Å². The fourth-order valence-electron chi connectivity index (χ4n) is 1.40. The molecule has 0 aliphatic rings. The van der Waals surface area contributed by atoms with Crippen LogP contribution in [0.2, 0.25) is 0 Å². The van der Waals surface area contributed by atoms with Crippen molar-refractivity contribution in [2.75, 3.05) is 7.11 Å². The SMILES string of the molecule is COc1ccc(Br)cc1S(=O)(=O)Oc1ccccn1. The van der Waals surface area contributed by atoms with Gasteiger partial charge in [-0.2, -0.15) is 8.42 Å². The summed E-state index contributed by atoms with van der Waals surface area (Å²) in [6, 6.07) is 9.39. The van der Waals surface area contributed by atoms with Crippen molar-refractivity contribution < 1.29 is 17.3 Å². The Bertz CT molecular complexity index is 673. The maximum Gasteiger partial charge on any atom is 0.344 e. The number of rotatable bonds is 4. The fourth-order valence-corrected chi connectivity index (χ4v) is 2.99. The number of methoxy groups -OCH3 is 1. The van der Waals surface area contributed by atoms with Crippen molar-refractivity contribution in [3.63, 3.8) is 0 Å². The number of hydrogen-bond donors (Lipinski definition) is 0. The Kier molecular flexibility index (Phi) is 4.06. The maximum atomic E-state index is 12.2. The average Bonchev–Trinajstić information content (AvgIpc) is 2.39. The number of benzene rings is 1. The average molecular weight is 344 g/mol. The molecule has 0 unspecified atom stereocenters. The van der Waals surface area contributed by atoms with Crippen molar-refractivity contribution in [2.45, 2.75) is 4.90 Å². The zero-order chi connectivity index (χ0) is 13.9. The lowest BCUT2D eigenvalue weighted by Gasteiger charge is -2.10. The molecule has 2 rings (SSSR count). The summed E-state index contributed by atoms with van der Waals surface area (Å²) >= 11 is 3.21. The number of hydrogen-bond acceptors (Lipinski definition) is 5. The molecule has 100 valence electrons. The predicted octanol–water partition coefficient (Wildman–Crippen LogP) is 2.62. The van der Waals surface area contributed by atoms with Crippen molar-refractivity contribution in [3.8, 4) is 11.6 Å². The summed E-state index contributed by atoms with van der Waals surface area (Å²) < 4.78 is 34.9. The Morgan fingerprint density at radius 3 is 2.63 bits per heavy atom. The summed E-state index contributed by atoms with van der Waals surface area (Å²) in [4.78, 5) is 3.75. The Balaban J connectivity index is 2.42. The third-order valence-corrected chi connectivity index (χ3v) is 3.97. The molecule has 0 radical (unpaired) electrons. The van der Waals surface area contributed by atoms with E-state index in [0.717, 1.165) is 0 Å². The van der Waals surface area contributed by atoms with Crippen LogP contribution in [0.1, 0.15) is 0 Å². The van der Waals surface area contributed by atoms with Crippen LogP contribution in [-0.4, -0.2) is 20.5 Å².